The number of nitrogens with zero attached hydrogens (tertiary/aromatic N) is 3. The number of hydrogen-bond donors (Lipinski definition) is 1. The maximum absolute atomic E-state index is 12.7. The topological polar surface area (TPSA) is 66.4 Å². The largest absolute Gasteiger partial charge is 0.378 e. The fraction of sp³-hybridized carbons (Fsp3) is 0.905. The Balaban J connectivity index is 0.00000300. The van der Waals surface area contributed by atoms with Gasteiger partial charge in [-0.25, -0.2) is 0 Å². The van der Waals surface area contributed by atoms with Gasteiger partial charge < -0.3 is 24.6 Å². The van der Waals surface area contributed by atoms with Gasteiger partial charge >= 0.3 is 0 Å². The van der Waals surface area contributed by atoms with Crippen LogP contribution in [0, 0.1) is 5.92 Å². The molecule has 0 bridgehead atoms. The van der Waals surface area contributed by atoms with E-state index in [1.807, 2.05) is 11.9 Å². The van der Waals surface area contributed by atoms with Crippen LogP contribution in [0.25, 0.3) is 0 Å². The van der Waals surface area contributed by atoms with Crippen molar-refractivity contribution in [2.45, 2.75) is 57.5 Å². The van der Waals surface area contributed by atoms with Crippen molar-refractivity contribution in [3.63, 3.8) is 0 Å². The Bertz CT molecular complexity index is 498. The van der Waals surface area contributed by atoms with Gasteiger partial charge in [-0.05, 0) is 25.7 Å². The predicted octanol–water partition coefficient (Wildman–Crippen LogP) is 2.49. The Kier molecular flexibility index (Phi) is 11.6. The van der Waals surface area contributed by atoms with Crippen molar-refractivity contribution < 1.29 is 14.3 Å². The highest BCUT2D eigenvalue weighted by atomic mass is 127. The van der Waals surface area contributed by atoms with Crippen molar-refractivity contribution in [2.75, 3.05) is 59.6 Å². The number of likely N-dealkylation sites (tertiary alicyclic amines) is 1. The summed E-state index contributed by atoms with van der Waals surface area (Å²) in [5, 5.41) is 3.44. The zero-order chi connectivity index (χ0) is 19.6. The van der Waals surface area contributed by atoms with Gasteiger partial charge in [0.15, 0.2) is 5.96 Å². The van der Waals surface area contributed by atoms with E-state index in [-0.39, 0.29) is 29.9 Å². The first-order valence-corrected chi connectivity index (χ1v) is 11.2. The van der Waals surface area contributed by atoms with Gasteiger partial charge in [0.05, 0.1) is 25.9 Å². The Hall–Kier alpha value is -0.610. The summed E-state index contributed by atoms with van der Waals surface area (Å²) >= 11 is 0. The van der Waals surface area contributed by atoms with E-state index < -0.39 is 0 Å². The first kappa shape index (κ1) is 24.7. The summed E-state index contributed by atoms with van der Waals surface area (Å²) in [5.74, 6) is 1.38. The van der Waals surface area contributed by atoms with E-state index in [4.69, 9.17) is 9.47 Å². The molecule has 1 amide bonds. The van der Waals surface area contributed by atoms with Gasteiger partial charge in [-0.2, -0.15) is 0 Å². The average molecular weight is 522 g/mol. The summed E-state index contributed by atoms with van der Waals surface area (Å²) in [5.41, 5.74) is 0. The molecule has 0 spiro atoms. The Morgan fingerprint density at radius 2 is 1.66 bits per heavy atom. The molecule has 3 rings (SSSR count). The summed E-state index contributed by atoms with van der Waals surface area (Å²) in [6.07, 6.45) is 9.97. The molecule has 2 saturated heterocycles. The lowest BCUT2D eigenvalue weighted by molar-refractivity contribution is -0.140. The van der Waals surface area contributed by atoms with Crippen LogP contribution in [0.5, 0.6) is 0 Å². The minimum absolute atomic E-state index is 0. The molecule has 2 aliphatic heterocycles. The third-order valence-electron chi connectivity index (χ3n) is 6.22. The lowest BCUT2D eigenvalue weighted by Crippen LogP contribution is -2.50. The number of nitrogens with one attached hydrogen (secondary N) is 1. The third kappa shape index (κ3) is 7.86. The second-order valence-electron chi connectivity index (χ2n) is 8.16. The fourth-order valence-corrected chi connectivity index (χ4v) is 4.51. The van der Waals surface area contributed by atoms with Crippen LogP contribution in [-0.2, 0) is 14.3 Å². The number of aliphatic imine (C=N–C) groups is 1. The van der Waals surface area contributed by atoms with Crippen molar-refractivity contribution in [1.82, 2.24) is 15.1 Å². The standard InChI is InChI=1S/C21H38N4O3.HI/c1-22-21(23-10-15-28-19-6-4-2-3-5-7-19)25-11-8-18(9-12-25)20(26)24-13-16-27-17-14-24;/h18-19H,2-17H2,1H3,(H,22,23);1H. The van der Waals surface area contributed by atoms with Crippen molar-refractivity contribution in [1.29, 1.82) is 0 Å². The number of amides is 1. The number of piperidine rings is 1. The van der Waals surface area contributed by atoms with Crippen LogP contribution in [0.15, 0.2) is 4.99 Å². The average Bonchev–Trinajstić information content (AvgIpc) is 3.03. The number of carbonyl (C=O) groups excluding carboxylic acids is 1. The molecule has 8 heteroatoms. The van der Waals surface area contributed by atoms with Crippen molar-refractivity contribution in [3.8, 4) is 0 Å². The number of halogens is 1. The summed E-state index contributed by atoms with van der Waals surface area (Å²) in [6, 6.07) is 0. The highest BCUT2D eigenvalue weighted by molar-refractivity contribution is 14.0. The highest BCUT2D eigenvalue weighted by Gasteiger charge is 2.30. The Morgan fingerprint density at radius 3 is 2.28 bits per heavy atom. The number of carbonyl (C=O) groups is 1. The van der Waals surface area contributed by atoms with E-state index in [1.54, 1.807) is 0 Å². The molecule has 1 N–H and O–H groups in total. The van der Waals surface area contributed by atoms with Crippen LogP contribution < -0.4 is 5.32 Å². The van der Waals surface area contributed by atoms with E-state index >= 15 is 0 Å². The molecule has 0 aromatic rings. The van der Waals surface area contributed by atoms with E-state index in [0.29, 0.717) is 25.2 Å². The lowest BCUT2D eigenvalue weighted by atomic mass is 9.95. The molecule has 3 fully saturated rings. The van der Waals surface area contributed by atoms with E-state index in [1.165, 1.54) is 38.5 Å². The highest BCUT2D eigenvalue weighted by Crippen LogP contribution is 2.21. The molecule has 0 radical (unpaired) electrons. The summed E-state index contributed by atoms with van der Waals surface area (Å²) in [6.45, 7) is 6.10. The zero-order valence-electron chi connectivity index (χ0n) is 17.9. The van der Waals surface area contributed by atoms with Crippen molar-refractivity contribution in [2.24, 2.45) is 10.9 Å². The smallest absolute Gasteiger partial charge is 0.225 e. The SMILES string of the molecule is CN=C(NCCOC1CCCCCC1)N1CCC(C(=O)N2CCOCC2)CC1.I. The Morgan fingerprint density at radius 1 is 1.00 bits per heavy atom. The minimum Gasteiger partial charge on any atom is -0.378 e. The number of morpholine rings is 1. The minimum atomic E-state index is 0. The van der Waals surface area contributed by atoms with Crippen molar-refractivity contribution >= 4 is 35.8 Å². The lowest BCUT2D eigenvalue weighted by Gasteiger charge is -2.36. The molecule has 29 heavy (non-hydrogen) atoms. The van der Waals surface area contributed by atoms with Gasteiger partial charge in [0.1, 0.15) is 0 Å². The molecule has 2 heterocycles. The summed E-state index contributed by atoms with van der Waals surface area (Å²) < 4.78 is 11.4. The van der Waals surface area contributed by atoms with E-state index in [2.05, 4.69) is 15.2 Å². The third-order valence-corrected chi connectivity index (χ3v) is 6.22. The van der Waals surface area contributed by atoms with Gasteiger partial charge in [0.25, 0.3) is 0 Å². The zero-order valence-corrected chi connectivity index (χ0v) is 20.3. The molecular weight excluding hydrogens is 483 g/mol. The van der Waals surface area contributed by atoms with Crippen LogP contribution in [0.2, 0.25) is 0 Å². The molecule has 0 aromatic carbocycles. The van der Waals surface area contributed by atoms with Gasteiger partial charge in [-0.15, -0.1) is 24.0 Å². The van der Waals surface area contributed by atoms with Crippen LogP contribution in [0.3, 0.4) is 0 Å². The molecular formula is C21H39IN4O3. The number of ether oxygens (including phenoxy) is 2. The van der Waals surface area contributed by atoms with Gasteiger partial charge in [0.2, 0.25) is 5.91 Å². The second-order valence-corrected chi connectivity index (χ2v) is 8.16. The molecule has 1 aliphatic carbocycles. The number of rotatable bonds is 5. The van der Waals surface area contributed by atoms with Gasteiger partial charge in [0, 0.05) is 45.7 Å². The normalized spacial score (nSPS) is 22.7. The maximum atomic E-state index is 12.7. The van der Waals surface area contributed by atoms with Crippen LogP contribution in [-0.4, -0.2) is 87.4 Å². The van der Waals surface area contributed by atoms with Gasteiger partial charge in [-0.1, -0.05) is 25.7 Å². The molecule has 0 aromatic heterocycles. The first-order valence-electron chi connectivity index (χ1n) is 11.2. The first-order chi connectivity index (χ1) is 13.8. The summed E-state index contributed by atoms with van der Waals surface area (Å²) in [7, 11) is 1.83. The van der Waals surface area contributed by atoms with Gasteiger partial charge in [-0.3, -0.25) is 9.79 Å². The summed E-state index contributed by atoms with van der Waals surface area (Å²) in [4.78, 5) is 21.4. The van der Waals surface area contributed by atoms with Crippen molar-refractivity contribution in [3.05, 3.63) is 0 Å². The second kappa shape index (κ2) is 13.6. The maximum Gasteiger partial charge on any atom is 0.225 e. The molecule has 7 nitrogen and oxygen atoms in total. The quantitative estimate of drug-likeness (QED) is 0.198. The number of hydrogen-bond acceptors (Lipinski definition) is 4. The predicted molar refractivity (Wildman–Crippen MR) is 126 cm³/mol. The molecule has 0 atom stereocenters. The number of guanidine groups is 1. The van der Waals surface area contributed by atoms with E-state index in [0.717, 1.165) is 58.1 Å². The van der Waals surface area contributed by atoms with Crippen LogP contribution in [0.4, 0.5) is 0 Å². The Labute approximate surface area is 193 Å². The van der Waals surface area contributed by atoms with Crippen LogP contribution in [0.1, 0.15) is 51.4 Å². The van der Waals surface area contributed by atoms with E-state index in [9.17, 15) is 4.79 Å². The van der Waals surface area contributed by atoms with Crippen LogP contribution >= 0.6 is 24.0 Å². The molecule has 1 saturated carbocycles. The molecule has 0 unspecified atom stereocenters. The molecule has 3 aliphatic rings. The fourth-order valence-electron chi connectivity index (χ4n) is 4.51. The monoisotopic (exact) mass is 522 g/mol. The molecule has 168 valence electrons.